The Morgan fingerprint density at radius 2 is 1.80 bits per heavy atom. The zero-order chi connectivity index (χ0) is 17.8. The molecule has 1 heterocycles. The lowest BCUT2D eigenvalue weighted by molar-refractivity contribution is -0.121. The van der Waals surface area contributed by atoms with Gasteiger partial charge in [-0.2, -0.15) is 0 Å². The van der Waals surface area contributed by atoms with Gasteiger partial charge >= 0.3 is 0 Å². The van der Waals surface area contributed by atoms with Crippen LogP contribution >= 0.6 is 0 Å². The van der Waals surface area contributed by atoms with Crippen molar-refractivity contribution < 1.29 is 14.3 Å². The van der Waals surface area contributed by atoms with Crippen molar-refractivity contribution in [2.24, 2.45) is 5.73 Å². The number of benzene rings is 2. The van der Waals surface area contributed by atoms with E-state index < -0.39 is 11.9 Å². The van der Waals surface area contributed by atoms with Crippen molar-refractivity contribution >= 4 is 11.8 Å². The second-order valence-electron chi connectivity index (χ2n) is 6.25. The summed E-state index contributed by atoms with van der Waals surface area (Å²) < 4.78 is 5.92. The molecule has 2 amide bonds. The van der Waals surface area contributed by atoms with Crippen molar-refractivity contribution in [3.8, 4) is 5.75 Å². The van der Waals surface area contributed by atoms with Gasteiger partial charge in [-0.3, -0.25) is 9.59 Å². The van der Waals surface area contributed by atoms with Crippen molar-refractivity contribution in [2.45, 2.75) is 31.9 Å². The number of primary amides is 1. The molecule has 2 aromatic carbocycles. The predicted molar refractivity (Wildman–Crippen MR) is 95.2 cm³/mol. The summed E-state index contributed by atoms with van der Waals surface area (Å²) in [6, 6.07) is 16.5. The van der Waals surface area contributed by atoms with Crippen LogP contribution in [0, 0.1) is 0 Å². The summed E-state index contributed by atoms with van der Waals surface area (Å²) in [5.74, 6) is 0.0900. The number of nitrogens with two attached hydrogens (primary N) is 1. The number of hydrogen-bond donors (Lipinski definition) is 1. The van der Waals surface area contributed by atoms with Crippen LogP contribution in [0.15, 0.2) is 54.6 Å². The molecule has 0 unspecified atom stereocenters. The highest BCUT2D eigenvalue weighted by atomic mass is 16.5. The summed E-state index contributed by atoms with van der Waals surface area (Å²) >= 11 is 0. The Labute approximate surface area is 147 Å². The standard InChI is InChI=1S/C20H22N2O3/c1-14(15-6-3-2-4-7-15)25-17-11-9-16(10-12-17)20(24)22-13-5-8-18(22)19(21)23/h2-4,6-7,9-12,14,18H,5,8,13H2,1H3,(H2,21,23)/t14-,18-/m1/s1. The van der Waals surface area contributed by atoms with Crippen LogP contribution in [0.4, 0.5) is 0 Å². The van der Waals surface area contributed by atoms with E-state index >= 15 is 0 Å². The minimum absolute atomic E-state index is 0.0828. The number of hydrogen-bond acceptors (Lipinski definition) is 3. The second-order valence-corrected chi connectivity index (χ2v) is 6.25. The summed E-state index contributed by atoms with van der Waals surface area (Å²) in [7, 11) is 0. The van der Waals surface area contributed by atoms with Gasteiger partial charge in [0, 0.05) is 12.1 Å². The molecule has 1 saturated heterocycles. The second kappa shape index (κ2) is 7.38. The van der Waals surface area contributed by atoms with E-state index in [0.717, 1.165) is 12.0 Å². The Morgan fingerprint density at radius 3 is 2.44 bits per heavy atom. The average Bonchev–Trinajstić information content (AvgIpc) is 3.12. The molecule has 130 valence electrons. The summed E-state index contributed by atoms with van der Waals surface area (Å²) in [6.45, 7) is 2.55. The van der Waals surface area contributed by atoms with E-state index in [0.29, 0.717) is 24.3 Å². The molecular weight excluding hydrogens is 316 g/mol. The summed E-state index contributed by atoms with van der Waals surface area (Å²) in [6.07, 6.45) is 1.35. The number of ether oxygens (including phenoxy) is 1. The fourth-order valence-electron chi connectivity index (χ4n) is 3.14. The fraction of sp³-hybridized carbons (Fsp3) is 0.300. The third-order valence-electron chi connectivity index (χ3n) is 4.53. The van der Waals surface area contributed by atoms with Gasteiger partial charge in [0.05, 0.1) is 0 Å². The maximum atomic E-state index is 12.6. The molecule has 0 aliphatic carbocycles. The summed E-state index contributed by atoms with van der Waals surface area (Å²) in [5.41, 5.74) is 7.01. The van der Waals surface area contributed by atoms with Crippen LogP contribution in [-0.2, 0) is 4.79 Å². The first-order chi connectivity index (χ1) is 12.1. The molecule has 0 radical (unpaired) electrons. The fourth-order valence-corrected chi connectivity index (χ4v) is 3.14. The summed E-state index contributed by atoms with van der Waals surface area (Å²) in [5, 5.41) is 0. The van der Waals surface area contributed by atoms with Gasteiger partial charge in [-0.15, -0.1) is 0 Å². The molecule has 5 nitrogen and oxygen atoms in total. The lowest BCUT2D eigenvalue weighted by Gasteiger charge is -2.22. The van der Waals surface area contributed by atoms with Crippen LogP contribution in [0.2, 0.25) is 0 Å². The molecule has 0 bridgehead atoms. The van der Waals surface area contributed by atoms with E-state index in [9.17, 15) is 9.59 Å². The van der Waals surface area contributed by atoms with Gasteiger partial charge in [0.25, 0.3) is 5.91 Å². The molecule has 2 aromatic rings. The first kappa shape index (κ1) is 17.0. The van der Waals surface area contributed by atoms with Crippen molar-refractivity contribution in [3.05, 3.63) is 65.7 Å². The Morgan fingerprint density at radius 1 is 1.12 bits per heavy atom. The van der Waals surface area contributed by atoms with Crippen LogP contribution in [0.1, 0.15) is 41.8 Å². The maximum Gasteiger partial charge on any atom is 0.254 e. The molecule has 0 saturated carbocycles. The minimum Gasteiger partial charge on any atom is -0.486 e. The quantitative estimate of drug-likeness (QED) is 0.911. The SMILES string of the molecule is C[C@@H](Oc1ccc(C(=O)N2CCC[C@@H]2C(N)=O)cc1)c1ccccc1. The molecule has 2 N–H and O–H groups in total. The van der Waals surface area contributed by atoms with Crippen molar-refractivity contribution in [3.63, 3.8) is 0 Å². The van der Waals surface area contributed by atoms with Crippen LogP contribution in [0.3, 0.4) is 0 Å². The Balaban J connectivity index is 1.68. The number of carbonyl (C=O) groups is 2. The average molecular weight is 338 g/mol. The smallest absolute Gasteiger partial charge is 0.254 e. The molecule has 1 aliphatic heterocycles. The Kier molecular flexibility index (Phi) is 5.03. The first-order valence-electron chi connectivity index (χ1n) is 8.48. The summed E-state index contributed by atoms with van der Waals surface area (Å²) in [4.78, 5) is 25.6. The molecule has 1 aliphatic rings. The van der Waals surface area contributed by atoms with Gasteiger partial charge in [-0.05, 0) is 49.6 Å². The molecule has 1 fully saturated rings. The maximum absolute atomic E-state index is 12.6. The van der Waals surface area contributed by atoms with Gasteiger partial charge in [-0.1, -0.05) is 30.3 Å². The minimum atomic E-state index is -0.499. The van der Waals surface area contributed by atoms with Gasteiger partial charge in [0.2, 0.25) is 5.91 Å². The number of amides is 2. The molecule has 0 aromatic heterocycles. The number of nitrogens with zero attached hydrogens (tertiary/aromatic N) is 1. The molecule has 2 atom stereocenters. The van der Waals surface area contributed by atoms with Gasteiger partial charge in [0.15, 0.2) is 0 Å². The highest BCUT2D eigenvalue weighted by Crippen LogP contribution is 2.24. The van der Waals surface area contributed by atoms with Crippen LogP contribution in [0.5, 0.6) is 5.75 Å². The lowest BCUT2D eigenvalue weighted by Crippen LogP contribution is -2.43. The number of rotatable bonds is 5. The highest BCUT2D eigenvalue weighted by molar-refractivity contribution is 5.97. The van der Waals surface area contributed by atoms with E-state index in [2.05, 4.69) is 0 Å². The Bertz CT molecular complexity index is 743. The normalized spacial score (nSPS) is 18.0. The van der Waals surface area contributed by atoms with E-state index in [4.69, 9.17) is 10.5 Å². The third kappa shape index (κ3) is 3.82. The van der Waals surface area contributed by atoms with Crippen molar-refractivity contribution in [2.75, 3.05) is 6.54 Å². The predicted octanol–water partition coefficient (Wildman–Crippen LogP) is 2.92. The zero-order valence-electron chi connectivity index (χ0n) is 14.2. The van der Waals surface area contributed by atoms with E-state index in [1.807, 2.05) is 37.3 Å². The number of carbonyl (C=O) groups excluding carboxylic acids is 2. The molecule has 25 heavy (non-hydrogen) atoms. The van der Waals surface area contributed by atoms with E-state index in [1.54, 1.807) is 29.2 Å². The third-order valence-corrected chi connectivity index (χ3v) is 4.53. The molecule has 5 heteroatoms. The molecule has 3 rings (SSSR count). The van der Waals surface area contributed by atoms with Crippen molar-refractivity contribution in [1.82, 2.24) is 4.90 Å². The van der Waals surface area contributed by atoms with Crippen LogP contribution in [-0.4, -0.2) is 29.3 Å². The van der Waals surface area contributed by atoms with Gasteiger partial charge < -0.3 is 15.4 Å². The Hall–Kier alpha value is -2.82. The topological polar surface area (TPSA) is 72.6 Å². The monoisotopic (exact) mass is 338 g/mol. The van der Waals surface area contributed by atoms with E-state index in [-0.39, 0.29) is 12.0 Å². The molecular formula is C20H22N2O3. The zero-order valence-corrected chi connectivity index (χ0v) is 14.2. The lowest BCUT2D eigenvalue weighted by atomic mass is 10.1. The van der Waals surface area contributed by atoms with Crippen molar-refractivity contribution in [1.29, 1.82) is 0 Å². The highest BCUT2D eigenvalue weighted by Gasteiger charge is 2.33. The molecule has 0 spiro atoms. The van der Waals surface area contributed by atoms with E-state index in [1.165, 1.54) is 0 Å². The van der Waals surface area contributed by atoms with Crippen LogP contribution < -0.4 is 10.5 Å². The first-order valence-corrected chi connectivity index (χ1v) is 8.48. The largest absolute Gasteiger partial charge is 0.486 e. The van der Waals surface area contributed by atoms with Gasteiger partial charge in [0.1, 0.15) is 17.9 Å². The van der Waals surface area contributed by atoms with Gasteiger partial charge in [-0.25, -0.2) is 0 Å². The number of likely N-dealkylation sites (tertiary alicyclic amines) is 1. The van der Waals surface area contributed by atoms with Crippen LogP contribution in [0.25, 0.3) is 0 Å².